The molecule has 1 aromatic heterocycles. The fourth-order valence-corrected chi connectivity index (χ4v) is 2.89. The van der Waals surface area contributed by atoms with Crippen molar-refractivity contribution < 1.29 is 9.32 Å². The van der Waals surface area contributed by atoms with Gasteiger partial charge in [0.2, 0.25) is 17.6 Å². The van der Waals surface area contributed by atoms with Gasteiger partial charge in [0.05, 0.1) is 12.6 Å². The standard InChI is InChI=1S/C17H23N5O2.ClH/c1-13(21-8-10-22(11-9-21)15(23)12-18-2)17-19-16(20-24-17)14-6-4-3-5-7-14;/h3-7,13,18H,8-12H2,1-2H3;1H. The SMILES string of the molecule is CNCC(=O)N1CCN(C(C)c2nc(-c3ccccc3)no2)CC1.Cl. The van der Waals surface area contributed by atoms with Gasteiger partial charge in [-0.05, 0) is 14.0 Å². The number of hydrogen-bond acceptors (Lipinski definition) is 6. The van der Waals surface area contributed by atoms with E-state index >= 15 is 0 Å². The molecule has 1 aliphatic rings. The number of nitrogens with zero attached hydrogens (tertiary/aromatic N) is 4. The number of nitrogens with one attached hydrogen (secondary N) is 1. The van der Waals surface area contributed by atoms with Crippen LogP contribution in [-0.2, 0) is 4.79 Å². The van der Waals surface area contributed by atoms with Gasteiger partial charge >= 0.3 is 0 Å². The van der Waals surface area contributed by atoms with E-state index in [2.05, 4.69) is 27.3 Å². The van der Waals surface area contributed by atoms with Crippen molar-refractivity contribution in [2.45, 2.75) is 13.0 Å². The molecule has 1 atom stereocenters. The summed E-state index contributed by atoms with van der Waals surface area (Å²) >= 11 is 0. The molecule has 1 amide bonds. The lowest BCUT2D eigenvalue weighted by Gasteiger charge is -2.36. The Kier molecular flexibility index (Phi) is 6.92. The number of likely N-dealkylation sites (N-methyl/N-ethyl adjacent to an activating group) is 1. The number of rotatable bonds is 5. The second-order valence-corrected chi connectivity index (χ2v) is 5.95. The summed E-state index contributed by atoms with van der Waals surface area (Å²) < 4.78 is 5.45. The molecule has 1 saturated heterocycles. The maximum atomic E-state index is 11.9. The third-order valence-corrected chi connectivity index (χ3v) is 4.37. The molecule has 1 unspecified atom stereocenters. The van der Waals surface area contributed by atoms with Crippen LogP contribution in [0, 0.1) is 0 Å². The largest absolute Gasteiger partial charge is 0.339 e. The highest BCUT2D eigenvalue weighted by molar-refractivity contribution is 5.85. The summed E-state index contributed by atoms with van der Waals surface area (Å²) in [6, 6.07) is 9.84. The van der Waals surface area contributed by atoms with Crippen molar-refractivity contribution in [3.8, 4) is 11.4 Å². The number of halogens is 1. The van der Waals surface area contributed by atoms with Crippen molar-refractivity contribution in [3.05, 3.63) is 36.2 Å². The molecule has 0 bridgehead atoms. The molecule has 1 aliphatic heterocycles. The molecule has 0 spiro atoms. The van der Waals surface area contributed by atoms with Crippen LogP contribution in [0.25, 0.3) is 11.4 Å². The molecule has 1 fully saturated rings. The molecule has 2 heterocycles. The Labute approximate surface area is 153 Å². The lowest BCUT2D eigenvalue weighted by atomic mass is 10.2. The molecule has 3 rings (SSSR count). The molecule has 1 aromatic carbocycles. The van der Waals surface area contributed by atoms with Crippen LogP contribution in [0.5, 0.6) is 0 Å². The number of amides is 1. The molecular weight excluding hydrogens is 342 g/mol. The fraction of sp³-hybridized carbons (Fsp3) is 0.471. The first-order chi connectivity index (χ1) is 11.7. The third-order valence-electron chi connectivity index (χ3n) is 4.37. The van der Waals surface area contributed by atoms with Crippen LogP contribution in [0.1, 0.15) is 18.9 Å². The maximum absolute atomic E-state index is 11.9. The third kappa shape index (κ3) is 4.56. The number of hydrogen-bond donors (Lipinski definition) is 1. The summed E-state index contributed by atoms with van der Waals surface area (Å²) in [4.78, 5) is 20.6. The van der Waals surface area contributed by atoms with Crippen LogP contribution in [0.2, 0.25) is 0 Å². The lowest BCUT2D eigenvalue weighted by Crippen LogP contribution is -2.51. The van der Waals surface area contributed by atoms with Crippen LogP contribution in [0.4, 0.5) is 0 Å². The van der Waals surface area contributed by atoms with Gasteiger partial charge in [0.15, 0.2) is 0 Å². The Morgan fingerprint density at radius 1 is 1.24 bits per heavy atom. The highest BCUT2D eigenvalue weighted by Gasteiger charge is 2.27. The number of benzene rings is 1. The van der Waals surface area contributed by atoms with Crippen molar-refractivity contribution in [1.29, 1.82) is 0 Å². The Bertz CT molecular complexity index is 671. The van der Waals surface area contributed by atoms with Gasteiger partial charge in [-0.3, -0.25) is 9.69 Å². The van der Waals surface area contributed by atoms with E-state index in [1.165, 1.54) is 0 Å². The van der Waals surface area contributed by atoms with Gasteiger partial charge in [-0.25, -0.2) is 0 Å². The average Bonchev–Trinajstić information content (AvgIpc) is 3.12. The minimum atomic E-state index is 0. The van der Waals surface area contributed by atoms with Crippen LogP contribution >= 0.6 is 12.4 Å². The van der Waals surface area contributed by atoms with E-state index in [0.717, 1.165) is 31.7 Å². The minimum Gasteiger partial charge on any atom is -0.339 e. The van der Waals surface area contributed by atoms with Crippen molar-refractivity contribution >= 4 is 18.3 Å². The predicted octanol–water partition coefficient (Wildman–Crippen LogP) is 1.58. The fourth-order valence-electron chi connectivity index (χ4n) is 2.89. The molecule has 136 valence electrons. The van der Waals surface area contributed by atoms with E-state index in [0.29, 0.717) is 18.3 Å². The van der Waals surface area contributed by atoms with E-state index < -0.39 is 0 Å². The quantitative estimate of drug-likeness (QED) is 0.867. The summed E-state index contributed by atoms with van der Waals surface area (Å²) in [5, 5.41) is 6.99. The first-order valence-electron chi connectivity index (χ1n) is 8.24. The first kappa shape index (κ1) is 19.4. The average molecular weight is 366 g/mol. The number of aromatic nitrogens is 2. The highest BCUT2D eigenvalue weighted by atomic mass is 35.5. The molecule has 25 heavy (non-hydrogen) atoms. The normalized spacial score (nSPS) is 16.3. The summed E-state index contributed by atoms with van der Waals surface area (Å²) in [6.07, 6.45) is 0. The summed E-state index contributed by atoms with van der Waals surface area (Å²) in [7, 11) is 1.79. The molecule has 1 N–H and O–H groups in total. The maximum Gasteiger partial charge on any atom is 0.244 e. The monoisotopic (exact) mass is 365 g/mol. The summed E-state index contributed by atoms with van der Waals surface area (Å²) in [6.45, 7) is 5.52. The number of carbonyl (C=O) groups excluding carboxylic acids is 1. The molecular formula is C17H24ClN5O2. The predicted molar refractivity (Wildman–Crippen MR) is 97.5 cm³/mol. The summed E-state index contributed by atoms with van der Waals surface area (Å²) in [5.74, 6) is 1.37. The minimum absolute atomic E-state index is 0. The second-order valence-electron chi connectivity index (χ2n) is 5.95. The van der Waals surface area contributed by atoms with Gasteiger partial charge in [-0.15, -0.1) is 12.4 Å². The Hall–Kier alpha value is -1.96. The van der Waals surface area contributed by atoms with Gasteiger partial charge in [0, 0.05) is 31.7 Å². The zero-order valence-corrected chi connectivity index (χ0v) is 15.3. The first-order valence-corrected chi connectivity index (χ1v) is 8.24. The topological polar surface area (TPSA) is 74.5 Å². The van der Waals surface area contributed by atoms with Crippen LogP contribution in [-0.4, -0.2) is 65.6 Å². The highest BCUT2D eigenvalue weighted by Crippen LogP contribution is 2.23. The molecule has 0 saturated carbocycles. The zero-order valence-electron chi connectivity index (χ0n) is 14.5. The molecule has 8 heteroatoms. The second kappa shape index (κ2) is 8.94. The van der Waals surface area contributed by atoms with Gasteiger partial charge < -0.3 is 14.7 Å². The van der Waals surface area contributed by atoms with Crippen molar-refractivity contribution in [1.82, 2.24) is 25.3 Å². The smallest absolute Gasteiger partial charge is 0.244 e. The number of carbonyl (C=O) groups is 1. The van der Waals surface area contributed by atoms with Gasteiger partial charge in [0.1, 0.15) is 0 Å². The Morgan fingerprint density at radius 2 is 1.92 bits per heavy atom. The molecule has 0 aliphatic carbocycles. The van der Waals surface area contributed by atoms with E-state index in [1.807, 2.05) is 35.2 Å². The van der Waals surface area contributed by atoms with Crippen molar-refractivity contribution in [2.75, 3.05) is 39.8 Å². The van der Waals surface area contributed by atoms with Crippen LogP contribution in [0.15, 0.2) is 34.9 Å². The van der Waals surface area contributed by atoms with E-state index in [9.17, 15) is 4.79 Å². The Balaban J connectivity index is 0.00000225. The lowest BCUT2D eigenvalue weighted by molar-refractivity contribution is -0.132. The Morgan fingerprint density at radius 3 is 2.56 bits per heavy atom. The van der Waals surface area contributed by atoms with Crippen LogP contribution < -0.4 is 5.32 Å². The van der Waals surface area contributed by atoms with Crippen LogP contribution in [0.3, 0.4) is 0 Å². The van der Waals surface area contributed by atoms with Gasteiger partial charge in [-0.1, -0.05) is 35.5 Å². The van der Waals surface area contributed by atoms with E-state index in [1.54, 1.807) is 7.05 Å². The van der Waals surface area contributed by atoms with Gasteiger partial charge in [-0.2, -0.15) is 4.98 Å². The van der Waals surface area contributed by atoms with Gasteiger partial charge in [0.25, 0.3) is 0 Å². The number of piperazine rings is 1. The van der Waals surface area contributed by atoms with E-state index in [4.69, 9.17) is 4.52 Å². The molecule has 0 radical (unpaired) electrons. The molecule has 2 aromatic rings. The van der Waals surface area contributed by atoms with Crippen molar-refractivity contribution in [3.63, 3.8) is 0 Å². The van der Waals surface area contributed by atoms with E-state index in [-0.39, 0.29) is 24.4 Å². The van der Waals surface area contributed by atoms with Crippen molar-refractivity contribution in [2.24, 2.45) is 0 Å². The summed E-state index contributed by atoms with van der Waals surface area (Å²) in [5.41, 5.74) is 0.946. The molecule has 7 nitrogen and oxygen atoms in total. The zero-order chi connectivity index (χ0) is 16.9.